The molecule has 0 bridgehead atoms. The molecule has 0 saturated heterocycles. The number of nitrogens with one attached hydrogen (secondary N) is 1. The van der Waals surface area contributed by atoms with E-state index in [1.807, 2.05) is 0 Å². The van der Waals surface area contributed by atoms with Crippen molar-refractivity contribution in [3.63, 3.8) is 0 Å². The summed E-state index contributed by atoms with van der Waals surface area (Å²) in [5.41, 5.74) is 2.87. The second kappa shape index (κ2) is 5.54. The SMILES string of the molecule is CCNC(CCc1ccc2c(c1)CCO2)C1CC1C. The zero-order valence-corrected chi connectivity index (χ0v) is 12.1. The Morgan fingerprint density at radius 1 is 1.42 bits per heavy atom. The summed E-state index contributed by atoms with van der Waals surface area (Å²) in [7, 11) is 0. The summed E-state index contributed by atoms with van der Waals surface area (Å²) < 4.78 is 5.57. The molecule has 0 spiro atoms. The van der Waals surface area contributed by atoms with Gasteiger partial charge in [0.2, 0.25) is 0 Å². The molecule has 1 aliphatic heterocycles. The molecule has 104 valence electrons. The van der Waals surface area contributed by atoms with Gasteiger partial charge >= 0.3 is 0 Å². The van der Waals surface area contributed by atoms with Crippen molar-refractivity contribution < 1.29 is 4.74 Å². The van der Waals surface area contributed by atoms with Crippen molar-refractivity contribution in [1.82, 2.24) is 5.32 Å². The molecule has 1 aromatic rings. The van der Waals surface area contributed by atoms with Gasteiger partial charge in [0.05, 0.1) is 6.61 Å². The molecule has 0 aromatic heterocycles. The minimum atomic E-state index is 0.713. The molecule has 0 amide bonds. The lowest BCUT2D eigenvalue weighted by Gasteiger charge is -2.18. The summed E-state index contributed by atoms with van der Waals surface area (Å²) in [4.78, 5) is 0. The Morgan fingerprint density at radius 2 is 2.26 bits per heavy atom. The van der Waals surface area contributed by atoms with Gasteiger partial charge in [-0.05, 0) is 54.8 Å². The molecule has 1 aliphatic carbocycles. The Balaban J connectivity index is 1.58. The van der Waals surface area contributed by atoms with E-state index in [1.165, 1.54) is 30.4 Å². The standard InChI is InChI=1S/C17H25NO/c1-3-18-16(15-10-12(15)2)6-4-13-5-7-17-14(11-13)8-9-19-17/h5,7,11-12,15-16,18H,3-4,6,8-10H2,1-2H3. The Morgan fingerprint density at radius 3 is 3.00 bits per heavy atom. The maximum absolute atomic E-state index is 5.57. The highest BCUT2D eigenvalue weighted by Crippen LogP contribution is 2.41. The molecule has 3 atom stereocenters. The van der Waals surface area contributed by atoms with E-state index in [4.69, 9.17) is 4.74 Å². The van der Waals surface area contributed by atoms with Gasteiger partial charge in [0.1, 0.15) is 5.75 Å². The molecule has 1 aromatic carbocycles. The van der Waals surface area contributed by atoms with Crippen LogP contribution in [0.3, 0.4) is 0 Å². The highest BCUT2D eigenvalue weighted by Gasteiger charge is 2.38. The maximum Gasteiger partial charge on any atom is 0.122 e. The lowest BCUT2D eigenvalue weighted by Crippen LogP contribution is -2.31. The molecule has 0 radical (unpaired) electrons. The number of ether oxygens (including phenoxy) is 1. The van der Waals surface area contributed by atoms with Gasteiger partial charge in [-0.2, -0.15) is 0 Å². The van der Waals surface area contributed by atoms with Crippen LogP contribution in [-0.2, 0) is 12.8 Å². The van der Waals surface area contributed by atoms with Gasteiger partial charge < -0.3 is 10.1 Å². The largest absolute Gasteiger partial charge is 0.493 e. The summed E-state index contributed by atoms with van der Waals surface area (Å²) in [5.74, 6) is 2.94. The fourth-order valence-corrected chi connectivity index (χ4v) is 3.36. The van der Waals surface area contributed by atoms with Crippen LogP contribution < -0.4 is 10.1 Å². The van der Waals surface area contributed by atoms with Crippen LogP contribution in [0.25, 0.3) is 0 Å². The van der Waals surface area contributed by atoms with E-state index in [1.54, 1.807) is 0 Å². The van der Waals surface area contributed by atoms with Crippen LogP contribution in [0, 0.1) is 11.8 Å². The molecule has 2 heteroatoms. The summed E-state index contributed by atoms with van der Waals surface area (Å²) in [6.45, 7) is 6.54. The Hall–Kier alpha value is -1.02. The van der Waals surface area contributed by atoms with E-state index < -0.39 is 0 Å². The fourth-order valence-electron chi connectivity index (χ4n) is 3.36. The van der Waals surface area contributed by atoms with Crippen LogP contribution in [0.2, 0.25) is 0 Å². The number of rotatable bonds is 6. The third kappa shape index (κ3) is 2.94. The number of hydrogen-bond donors (Lipinski definition) is 1. The minimum Gasteiger partial charge on any atom is -0.493 e. The molecule has 1 fully saturated rings. The highest BCUT2D eigenvalue weighted by molar-refractivity contribution is 5.39. The fraction of sp³-hybridized carbons (Fsp3) is 0.647. The van der Waals surface area contributed by atoms with E-state index in [9.17, 15) is 0 Å². The molecular formula is C17H25NO. The molecule has 1 saturated carbocycles. The number of aryl methyl sites for hydroxylation is 1. The lowest BCUT2D eigenvalue weighted by atomic mass is 9.99. The second-order valence-electron chi connectivity index (χ2n) is 6.12. The highest BCUT2D eigenvalue weighted by atomic mass is 16.5. The van der Waals surface area contributed by atoms with E-state index >= 15 is 0 Å². The van der Waals surface area contributed by atoms with Crippen LogP contribution >= 0.6 is 0 Å². The van der Waals surface area contributed by atoms with Gasteiger partial charge in [-0.1, -0.05) is 26.0 Å². The maximum atomic E-state index is 5.57. The lowest BCUT2D eigenvalue weighted by molar-refractivity contribution is 0.357. The Labute approximate surface area is 116 Å². The molecule has 2 nitrogen and oxygen atoms in total. The van der Waals surface area contributed by atoms with Gasteiger partial charge in [-0.3, -0.25) is 0 Å². The Bertz CT molecular complexity index is 443. The smallest absolute Gasteiger partial charge is 0.122 e. The van der Waals surface area contributed by atoms with Gasteiger partial charge in [0.15, 0.2) is 0 Å². The third-order valence-corrected chi connectivity index (χ3v) is 4.65. The molecule has 2 aliphatic rings. The van der Waals surface area contributed by atoms with E-state index in [-0.39, 0.29) is 0 Å². The van der Waals surface area contributed by atoms with Gasteiger partial charge in [0.25, 0.3) is 0 Å². The molecule has 1 N–H and O–H groups in total. The summed E-state index contributed by atoms with van der Waals surface area (Å²) in [6, 6.07) is 7.45. The van der Waals surface area contributed by atoms with E-state index in [0.29, 0.717) is 6.04 Å². The first-order chi connectivity index (χ1) is 9.28. The zero-order chi connectivity index (χ0) is 13.2. The van der Waals surface area contributed by atoms with Gasteiger partial charge in [-0.25, -0.2) is 0 Å². The van der Waals surface area contributed by atoms with Crippen molar-refractivity contribution in [1.29, 1.82) is 0 Å². The van der Waals surface area contributed by atoms with Crippen molar-refractivity contribution in [2.24, 2.45) is 11.8 Å². The number of benzene rings is 1. The van der Waals surface area contributed by atoms with Crippen molar-refractivity contribution in [2.45, 2.75) is 45.6 Å². The van der Waals surface area contributed by atoms with Crippen LogP contribution in [-0.4, -0.2) is 19.2 Å². The first-order valence-electron chi connectivity index (χ1n) is 7.76. The topological polar surface area (TPSA) is 21.3 Å². The predicted octanol–water partition coefficient (Wildman–Crippen LogP) is 3.19. The first-order valence-corrected chi connectivity index (χ1v) is 7.76. The second-order valence-corrected chi connectivity index (χ2v) is 6.12. The average molecular weight is 259 g/mol. The Kier molecular flexibility index (Phi) is 3.79. The zero-order valence-electron chi connectivity index (χ0n) is 12.1. The molecule has 3 unspecified atom stereocenters. The van der Waals surface area contributed by atoms with Gasteiger partial charge in [0, 0.05) is 12.5 Å². The third-order valence-electron chi connectivity index (χ3n) is 4.65. The molecular weight excluding hydrogens is 234 g/mol. The predicted molar refractivity (Wildman–Crippen MR) is 78.7 cm³/mol. The first kappa shape index (κ1) is 13.0. The molecule has 3 rings (SSSR count). The summed E-state index contributed by atoms with van der Waals surface area (Å²) >= 11 is 0. The summed E-state index contributed by atoms with van der Waals surface area (Å²) in [5, 5.41) is 3.67. The minimum absolute atomic E-state index is 0.713. The number of fused-ring (bicyclic) bond motifs is 1. The van der Waals surface area contributed by atoms with E-state index in [2.05, 4.69) is 37.4 Å². The van der Waals surface area contributed by atoms with Gasteiger partial charge in [-0.15, -0.1) is 0 Å². The molecule has 1 heterocycles. The van der Waals surface area contributed by atoms with Crippen molar-refractivity contribution in [3.05, 3.63) is 29.3 Å². The average Bonchev–Trinajstić information content (AvgIpc) is 2.96. The van der Waals surface area contributed by atoms with Crippen molar-refractivity contribution in [2.75, 3.05) is 13.2 Å². The summed E-state index contributed by atoms with van der Waals surface area (Å²) in [6.07, 6.45) is 4.95. The number of hydrogen-bond acceptors (Lipinski definition) is 2. The van der Waals surface area contributed by atoms with Crippen LogP contribution in [0.5, 0.6) is 5.75 Å². The van der Waals surface area contributed by atoms with Crippen molar-refractivity contribution in [3.8, 4) is 5.75 Å². The quantitative estimate of drug-likeness (QED) is 0.847. The molecule has 19 heavy (non-hydrogen) atoms. The normalized spacial score (nSPS) is 25.8. The van der Waals surface area contributed by atoms with Crippen LogP contribution in [0.15, 0.2) is 18.2 Å². The van der Waals surface area contributed by atoms with Crippen LogP contribution in [0.4, 0.5) is 0 Å². The van der Waals surface area contributed by atoms with E-state index in [0.717, 1.165) is 37.2 Å². The van der Waals surface area contributed by atoms with Crippen molar-refractivity contribution >= 4 is 0 Å². The monoisotopic (exact) mass is 259 g/mol. The van der Waals surface area contributed by atoms with Crippen LogP contribution in [0.1, 0.15) is 37.8 Å².